The van der Waals surface area contributed by atoms with Crippen molar-refractivity contribution in [3.05, 3.63) is 30.3 Å². The van der Waals surface area contributed by atoms with Gasteiger partial charge in [0.1, 0.15) is 5.54 Å². The maximum absolute atomic E-state index is 12.4. The van der Waals surface area contributed by atoms with Crippen LogP contribution in [0, 0.1) is 5.92 Å². The van der Waals surface area contributed by atoms with Gasteiger partial charge in [-0.3, -0.25) is 9.69 Å². The normalized spacial score (nSPS) is 22.3. The maximum atomic E-state index is 12.4. The molecule has 1 aromatic carbocycles. The van der Waals surface area contributed by atoms with Gasteiger partial charge in [0.05, 0.1) is 10.6 Å². The van der Waals surface area contributed by atoms with Gasteiger partial charge in [0.2, 0.25) is 0 Å². The van der Waals surface area contributed by atoms with E-state index in [1.54, 1.807) is 25.1 Å². The van der Waals surface area contributed by atoms with Crippen molar-refractivity contribution in [2.75, 3.05) is 12.3 Å². The monoisotopic (exact) mass is 324 g/mol. The zero-order valence-electron chi connectivity index (χ0n) is 12.9. The van der Waals surface area contributed by atoms with Crippen molar-refractivity contribution in [1.29, 1.82) is 0 Å². The average molecular weight is 324 g/mol. The predicted molar refractivity (Wildman–Crippen MR) is 82.0 cm³/mol. The third-order valence-corrected chi connectivity index (χ3v) is 5.85. The second-order valence-electron chi connectivity index (χ2n) is 5.88. The molecule has 1 atom stereocenters. The zero-order chi connectivity index (χ0) is 16.5. The summed E-state index contributed by atoms with van der Waals surface area (Å²) in [7, 11) is -3.53. The number of hydrogen-bond donors (Lipinski definition) is 1. The fourth-order valence-corrected chi connectivity index (χ4v) is 3.50. The van der Waals surface area contributed by atoms with Gasteiger partial charge in [0.25, 0.3) is 5.91 Å². The quantitative estimate of drug-likeness (QED) is 0.831. The average Bonchev–Trinajstić information content (AvgIpc) is 2.69. The van der Waals surface area contributed by atoms with Crippen molar-refractivity contribution in [2.24, 2.45) is 5.92 Å². The summed E-state index contributed by atoms with van der Waals surface area (Å²) in [6, 6.07) is 7.46. The predicted octanol–water partition coefficient (Wildman–Crippen LogP) is 1.43. The minimum absolute atomic E-state index is 0.0836. The second kappa shape index (κ2) is 5.72. The van der Waals surface area contributed by atoms with Gasteiger partial charge in [-0.15, -0.1) is 0 Å². The lowest BCUT2D eigenvalue weighted by Crippen LogP contribution is -2.48. The summed E-state index contributed by atoms with van der Waals surface area (Å²) in [5.74, 6) is -0.750. The van der Waals surface area contributed by atoms with E-state index in [0.717, 1.165) is 4.90 Å². The van der Waals surface area contributed by atoms with Crippen LogP contribution in [0.5, 0.6) is 0 Å². The Labute approximate surface area is 130 Å². The Morgan fingerprint density at radius 1 is 1.18 bits per heavy atom. The topological polar surface area (TPSA) is 83.6 Å². The first-order valence-electron chi connectivity index (χ1n) is 7.10. The molecule has 0 aliphatic carbocycles. The molecule has 6 nitrogen and oxygen atoms in total. The molecule has 1 aromatic rings. The van der Waals surface area contributed by atoms with Gasteiger partial charge in [-0.25, -0.2) is 13.2 Å². The highest BCUT2D eigenvalue weighted by atomic mass is 32.2. The van der Waals surface area contributed by atoms with Crippen LogP contribution in [-0.2, 0) is 14.6 Å². The third kappa shape index (κ3) is 2.85. The molecule has 120 valence electrons. The Bertz CT molecular complexity index is 685. The highest BCUT2D eigenvalue weighted by molar-refractivity contribution is 7.91. The molecule has 22 heavy (non-hydrogen) atoms. The van der Waals surface area contributed by atoms with Gasteiger partial charge in [0, 0.05) is 6.54 Å². The van der Waals surface area contributed by atoms with Crippen molar-refractivity contribution in [3.8, 4) is 0 Å². The molecule has 1 aliphatic heterocycles. The Balaban J connectivity index is 2.13. The molecule has 0 saturated carbocycles. The molecule has 1 fully saturated rings. The van der Waals surface area contributed by atoms with E-state index >= 15 is 0 Å². The number of amides is 3. The summed E-state index contributed by atoms with van der Waals surface area (Å²) in [6.45, 7) is 5.18. The summed E-state index contributed by atoms with van der Waals surface area (Å²) < 4.78 is 24.5. The van der Waals surface area contributed by atoms with E-state index in [9.17, 15) is 18.0 Å². The Morgan fingerprint density at radius 2 is 1.77 bits per heavy atom. The van der Waals surface area contributed by atoms with Crippen molar-refractivity contribution >= 4 is 21.8 Å². The van der Waals surface area contributed by atoms with Crippen LogP contribution in [0.2, 0.25) is 0 Å². The first kappa shape index (κ1) is 16.5. The lowest BCUT2D eigenvalue weighted by atomic mass is 9.88. The lowest BCUT2D eigenvalue weighted by Gasteiger charge is -2.25. The Morgan fingerprint density at radius 3 is 2.27 bits per heavy atom. The number of nitrogens with one attached hydrogen (secondary N) is 1. The SMILES string of the molecule is CC(C)[C@]1(C)NC(=O)N(CCS(=O)(=O)c2ccccc2)C1=O. The Hall–Kier alpha value is -1.89. The van der Waals surface area contributed by atoms with Gasteiger partial charge >= 0.3 is 6.03 Å². The number of hydrogen-bond acceptors (Lipinski definition) is 4. The van der Waals surface area contributed by atoms with E-state index in [1.165, 1.54) is 12.1 Å². The van der Waals surface area contributed by atoms with Gasteiger partial charge in [-0.1, -0.05) is 32.0 Å². The minimum Gasteiger partial charge on any atom is -0.323 e. The molecular weight excluding hydrogens is 304 g/mol. The molecule has 0 aromatic heterocycles. The molecule has 3 amide bonds. The van der Waals surface area contributed by atoms with Crippen molar-refractivity contribution in [3.63, 3.8) is 0 Å². The molecule has 1 N–H and O–H groups in total. The van der Waals surface area contributed by atoms with Gasteiger partial charge in [-0.2, -0.15) is 0 Å². The van der Waals surface area contributed by atoms with E-state index in [-0.39, 0.29) is 29.0 Å². The number of nitrogens with zero attached hydrogens (tertiary/aromatic N) is 1. The van der Waals surface area contributed by atoms with Crippen LogP contribution in [0.4, 0.5) is 4.79 Å². The van der Waals surface area contributed by atoms with E-state index in [0.29, 0.717) is 0 Å². The molecule has 0 radical (unpaired) electrons. The molecule has 0 spiro atoms. The molecule has 2 rings (SSSR count). The van der Waals surface area contributed by atoms with Crippen LogP contribution in [0.1, 0.15) is 20.8 Å². The summed E-state index contributed by atoms with van der Waals surface area (Å²) in [6.07, 6.45) is 0. The molecular formula is C15H20N2O4S. The highest BCUT2D eigenvalue weighted by Gasteiger charge is 2.49. The number of carbonyl (C=O) groups is 2. The van der Waals surface area contributed by atoms with Gasteiger partial charge in [0.15, 0.2) is 9.84 Å². The second-order valence-corrected chi connectivity index (χ2v) is 7.99. The van der Waals surface area contributed by atoms with Crippen LogP contribution >= 0.6 is 0 Å². The number of urea groups is 1. The lowest BCUT2D eigenvalue weighted by molar-refractivity contribution is -0.131. The summed E-state index contributed by atoms with van der Waals surface area (Å²) in [5.41, 5.74) is -0.979. The van der Waals surface area contributed by atoms with Gasteiger partial charge in [-0.05, 0) is 25.0 Å². The standard InChI is InChI=1S/C15H20N2O4S/c1-11(2)15(3)13(18)17(14(19)16-15)9-10-22(20,21)12-7-5-4-6-8-12/h4-8,11H,9-10H2,1-3H3,(H,16,19)/t15-/m0/s1. The van der Waals surface area contributed by atoms with Crippen LogP contribution < -0.4 is 5.32 Å². The fraction of sp³-hybridized carbons (Fsp3) is 0.467. The summed E-state index contributed by atoms with van der Waals surface area (Å²) >= 11 is 0. The molecule has 7 heteroatoms. The zero-order valence-corrected chi connectivity index (χ0v) is 13.7. The van der Waals surface area contributed by atoms with Crippen LogP contribution in [0.3, 0.4) is 0 Å². The maximum Gasteiger partial charge on any atom is 0.325 e. The van der Waals surface area contributed by atoms with Crippen LogP contribution in [0.15, 0.2) is 35.2 Å². The van der Waals surface area contributed by atoms with Gasteiger partial charge < -0.3 is 5.32 Å². The molecule has 1 aliphatic rings. The summed E-state index contributed by atoms with van der Waals surface area (Å²) in [5, 5.41) is 2.65. The number of benzene rings is 1. The third-order valence-electron chi connectivity index (χ3n) is 4.14. The minimum atomic E-state index is -3.53. The molecule has 0 unspecified atom stereocenters. The van der Waals surface area contributed by atoms with Crippen LogP contribution in [0.25, 0.3) is 0 Å². The van der Waals surface area contributed by atoms with Crippen molar-refractivity contribution in [2.45, 2.75) is 31.2 Å². The van der Waals surface area contributed by atoms with E-state index in [2.05, 4.69) is 5.32 Å². The molecule has 1 heterocycles. The van der Waals surface area contributed by atoms with Crippen LogP contribution in [-0.4, -0.2) is 43.1 Å². The highest BCUT2D eigenvalue weighted by Crippen LogP contribution is 2.25. The smallest absolute Gasteiger partial charge is 0.323 e. The number of imide groups is 1. The number of carbonyl (C=O) groups excluding carboxylic acids is 2. The molecule has 1 saturated heterocycles. The largest absolute Gasteiger partial charge is 0.325 e. The Kier molecular flexibility index (Phi) is 4.28. The van der Waals surface area contributed by atoms with E-state index in [1.807, 2.05) is 13.8 Å². The summed E-state index contributed by atoms with van der Waals surface area (Å²) in [4.78, 5) is 25.5. The van der Waals surface area contributed by atoms with Crippen molar-refractivity contribution in [1.82, 2.24) is 10.2 Å². The fourth-order valence-electron chi connectivity index (χ4n) is 2.27. The van der Waals surface area contributed by atoms with Crippen molar-refractivity contribution < 1.29 is 18.0 Å². The first-order valence-corrected chi connectivity index (χ1v) is 8.75. The first-order chi connectivity index (χ1) is 10.2. The number of rotatable bonds is 5. The molecule has 0 bridgehead atoms. The number of sulfone groups is 1. The van der Waals surface area contributed by atoms with E-state index < -0.39 is 21.4 Å². The van der Waals surface area contributed by atoms with E-state index in [4.69, 9.17) is 0 Å².